The lowest BCUT2D eigenvalue weighted by Gasteiger charge is -2.36. The van der Waals surface area contributed by atoms with Gasteiger partial charge in [-0.05, 0) is 32.0 Å². The van der Waals surface area contributed by atoms with E-state index in [4.69, 9.17) is 0 Å². The second-order valence-electron chi connectivity index (χ2n) is 7.08. The Labute approximate surface area is 162 Å². The molecule has 144 valence electrons. The minimum Gasteiger partial charge on any atom is -0.353 e. The van der Waals surface area contributed by atoms with Crippen LogP contribution in [0.5, 0.6) is 0 Å². The van der Waals surface area contributed by atoms with Gasteiger partial charge in [0.25, 0.3) is 11.5 Å². The Morgan fingerprint density at radius 2 is 1.79 bits per heavy atom. The topological polar surface area (TPSA) is 84.2 Å². The van der Waals surface area contributed by atoms with Crippen molar-refractivity contribution in [2.75, 3.05) is 31.1 Å². The van der Waals surface area contributed by atoms with Crippen LogP contribution < -0.4 is 10.5 Å². The van der Waals surface area contributed by atoms with Gasteiger partial charge in [0.1, 0.15) is 12.1 Å². The van der Waals surface area contributed by atoms with E-state index >= 15 is 0 Å². The number of anilines is 1. The fraction of sp³-hybridized carbons (Fsp3) is 0.350. The number of aryl methyl sites for hydroxylation is 2. The number of benzene rings is 1. The molecular formula is C20H22N6O2. The fourth-order valence-corrected chi connectivity index (χ4v) is 3.49. The highest BCUT2D eigenvalue weighted by molar-refractivity contribution is 5.97. The first kappa shape index (κ1) is 18.1. The Balaban J connectivity index is 1.51. The van der Waals surface area contributed by atoms with Crippen LogP contribution >= 0.6 is 0 Å². The summed E-state index contributed by atoms with van der Waals surface area (Å²) in [5, 5.41) is 0.515. The number of nitrogens with zero attached hydrogens (tertiary/aromatic N) is 6. The molecule has 1 aromatic carbocycles. The van der Waals surface area contributed by atoms with E-state index in [9.17, 15) is 9.59 Å². The molecule has 0 atom stereocenters. The predicted molar refractivity (Wildman–Crippen MR) is 107 cm³/mol. The van der Waals surface area contributed by atoms with Gasteiger partial charge in [0.15, 0.2) is 0 Å². The molecule has 0 unspecified atom stereocenters. The molecule has 0 saturated carbocycles. The van der Waals surface area contributed by atoms with Crippen LogP contribution in [0.1, 0.15) is 21.6 Å². The Hall–Kier alpha value is -3.29. The van der Waals surface area contributed by atoms with Crippen molar-refractivity contribution in [3.8, 4) is 0 Å². The number of hydrogen-bond donors (Lipinski definition) is 0. The molecule has 3 heterocycles. The Morgan fingerprint density at radius 3 is 2.54 bits per heavy atom. The van der Waals surface area contributed by atoms with E-state index < -0.39 is 0 Å². The number of amides is 1. The Bertz CT molecular complexity index is 1120. The van der Waals surface area contributed by atoms with Crippen LogP contribution in [0.2, 0.25) is 0 Å². The Morgan fingerprint density at radius 1 is 1.04 bits per heavy atom. The largest absolute Gasteiger partial charge is 0.353 e. The lowest BCUT2D eigenvalue weighted by atomic mass is 10.1. The first-order chi connectivity index (χ1) is 13.5. The zero-order chi connectivity index (χ0) is 19.8. The molecule has 0 bridgehead atoms. The summed E-state index contributed by atoms with van der Waals surface area (Å²) in [4.78, 5) is 42.0. The summed E-state index contributed by atoms with van der Waals surface area (Å²) >= 11 is 0. The molecule has 1 aliphatic rings. The zero-order valence-electron chi connectivity index (χ0n) is 16.2. The highest BCUT2D eigenvalue weighted by Crippen LogP contribution is 2.20. The third kappa shape index (κ3) is 3.11. The molecule has 0 aliphatic carbocycles. The van der Waals surface area contributed by atoms with Gasteiger partial charge in [0.2, 0.25) is 0 Å². The summed E-state index contributed by atoms with van der Waals surface area (Å²) in [6, 6.07) is 5.09. The zero-order valence-corrected chi connectivity index (χ0v) is 16.2. The second kappa shape index (κ2) is 7.03. The van der Waals surface area contributed by atoms with Crippen LogP contribution in [-0.2, 0) is 7.05 Å². The molecule has 1 saturated heterocycles. The van der Waals surface area contributed by atoms with E-state index in [1.165, 1.54) is 10.9 Å². The second-order valence-corrected chi connectivity index (χ2v) is 7.08. The first-order valence-electron chi connectivity index (χ1n) is 9.23. The molecule has 2 aromatic heterocycles. The van der Waals surface area contributed by atoms with Crippen molar-refractivity contribution >= 4 is 22.6 Å². The summed E-state index contributed by atoms with van der Waals surface area (Å²) < 4.78 is 1.43. The van der Waals surface area contributed by atoms with E-state index in [1.54, 1.807) is 31.6 Å². The van der Waals surface area contributed by atoms with Crippen LogP contribution in [0.25, 0.3) is 10.9 Å². The van der Waals surface area contributed by atoms with Crippen LogP contribution in [0.15, 0.2) is 35.6 Å². The normalized spacial score (nSPS) is 14.5. The SMILES string of the molecule is Cc1ncnc(N2CCN(C(=O)c3ccc4c(=O)n(C)cnc4c3)CC2)c1C. The summed E-state index contributed by atoms with van der Waals surface area (Å²) in [7, 11) is 1.66. The molecular weight excluding hydrogens is 356 g/mol. The van der Waals surface area contributed by atoms with Crippen LogP contribution in [-0.4, -0.2) is 56.5 Å². The summed E-state index contributed by atoms with van der Waals surface area (Å²) in [6.07, 6.45) is 3.06. The van der Waals surface area contributed by atoms with Crippen molar-refractivity contribution < 1.29 is 4.79 Å². The number of rotatable bonds is 2. The number of fused-ring (bicyclic) bond motifs is 1. The standard InChI is InChI=1S/C20H22N6O2/c1-13-14(2)21-11-22-18(13)25-6-8-26(9-7-25)19(27)15-4-5-16-17(10-15)23-12-24(3)20(16)28/h4-5,10-12H,6-9H2,1-3H3. The lowest BCUT2D eigenvalue weighted by Crippen LogP contribution is -2.49. The molecule has 1 aliphatic heterocycles. The molecule has 4 rings (SSSR count). The minimum atomic E-state index is -0.117. The summed E-state index contributed by atoms with van der Waals surface area (Å²) in [5.74, 6) is 0.893. The van der Waals surface area contributed by atoms with Crippen molar-refractivity contribution in [3.05, 3.63) is 58.0 Å². The molecule has 3 aromatic rings. The van der Waals surface area contributed by atoms with Crippen molar-refractivity contribution in [3.63, 3.8) is 0 Å². The molecule has 8 heteroatoms. The van der Waals surface area contributed by atoms with Gasteiger partial charge in [-0.1, -0.05) is 0 Å². The molecule has 1 amide bonds. The lowest BCUT2D eigenvalue weighted by molar-refractivity contribution is 0.0746. The monoisotopic (exact) mass is 378 g/mol. The predicted octanol–water partition coefficient (Wildman–Crippen LogP) is 1.30. The van der Waals surface area contributed by atoms with E-state index in [0.29, 0.717) is 29.6 Å². The van der Waals surface area contributed by atoms with Gasteiger partial charge in [-0.3, -0.25) is 9.59 Å². The maximum Gasteiger partial charge on any atom is 0.260 e. The number of piperazine rings is 1. The first-order valence-corrected chi connectivity index (χ1v) is 9.23. The molecule has 1 fully saturated rings. The van der Waals surface area contributed by atoms with Gasteiger partial charge in [-0.25, -0.2) is 15.0 Å². The van der Waals surface area contributed by atoms with Gasteiger partial charge >= 0.3 is 0 Å². The fourth-order valence-electron chi connectivity index (χ4n) is 3.49. The van der Waals surface area contributed by atoms with Crippen molar-refractivity contribution in [1.29, 1.82) is 0 Å². The van der Waals surface area contributed by atoms with E-state index in [-0.39, 0.29) is 11.5 Å². The van der Waals surface area contributed by atoms with Crippen molar-refractivity contribution in [2.45, 2.75) is 13.8 Å². The quantitative estimate of drug-likeness (QED) is 0.668. The molecule has 0 N–H and O–H groups in total. The number of hydrogen-bond acceptors (Lipinski definition) is 6. The molecule has 28 heavy (non-hydrogen) atoms. The van der Waals surface area contributed by atoms with Crippen LogP contribution in [0.4, 0.5) is 5.82 Å². The van der Waals surface area contributed by atoms with Gasteiger partial charge in [-0.2, -0.15) is 0 Å². The number of aromatic nitrogens is 4. The number of carbonyl (C=O) groups is 1. The van der Waals surface area contributed by atoms with Crippen molar-refractivity contribution in [2.24, 2.45) is 7.05 Å². The third-order valence-electron chi connectivity index (χ3n) is 5.34. The average molecular weight is 378 g/mol. The van der Waals surface area contributed by atoms with Crippen LogP contribution in [0, 0.1) is 13.8 Å². The van der Waals surface area contributed by atoms with Gasteiger partial charge in [-0.15, -0.1) is 0 Å². The third-order valence-corrected chi connectivity index (χ3v) is 5.34. The maximum absolute atomic E-state index is 12.9. The molecule has 0 radical (unpaired) electrons. The number of carbonyl (C=O) groups excluding carboxylic acids is 1. The smallest absolute Gasteiger partial charge is 0.260 e. The van der Waals surface area contributed by atoms with Crippen molar-refractivity contribution in [1.82, 2.24) is 24.4 Å². The van der Waals surface area contributed by atoms with E-state index in [2.05, 4.69) is 19.9 Å². The Kier molecular flexibility index (Phi) is 4.54. The minimum absolute atomic E-state index is 0.0420. The van der Waals surface area contributed by atoms with Gasteiger partial charge in [0, 0.05) is 50.0 Å². The molecule has 0 spiro atoms. The summed E-state index contributed by atoms with van der Waals surface area (Å²) in [5.41, 5.74) is 3.02. The van der Waals surface area contributed by atoms with Crippen LogP contribution in [0.3, 0.4) is 0 Å². The molecule has 8 nitrogen and oxygen atoms in total. The van der Waals surface area contributed by atoms with Gasteiger partial charge < -0.3 is 14.4 Å². The highest BCUT2D eigenvalue weighted by atomic mass is 16.2. The average Bonchev–Trinajstić information content (AvgIpc) is 2.72. The van der Waals surface area contributed by atoms with E-state index in [1.807, 2.05) is 18.7 Å². The summed E-state index contributed by atoms with van der Waals surface area (Å²) in [6.45, 7) is 6.66. The highest BCUT2D eigenvalue weighted by Gasteiger charge is 2.24. The maximum atomic E-state index is 12.9. The van der Waals surface area contributed by atoms with Gasteiger partial charge in [0.05, 0.1) is 17.2 Å². The van der Waals surface area contributed by atoms with E-state index in [0.717, 1.165) is 30.2 Å².